The predicted molar refractivity (Wildman–Crippen MR) is 73.2 cm³/mol. The molecule has 0 aliphatic rings. The Kier molecular flexibility index (Phi) is 4.40. The van der Waals surface area contributed by atoms with Crippen molar-refractivity contribution in [1.29, 1.82) is 0 Å². The van der Waals surface area contributed by atoms with Crippen LogP contribution < -0.4 is 14.8 Å². The molecule has 0 atom stereocenters. The second-order valence-electron chi connectivity index (χ2n) is 4.16. The molecule has 5 heteroatoms. The van der Waals surface area contributed by atoms with Gasteiger partial charge in [0.1, 0.15) is 11.5 Å². The standard InChI is InChI=1S/C15H15F2NO2/c1-19-12-4-6-15(20-2)10(7-12)9-18-11-3-5-13(16)14(17)8-11/h3-8,18H,9H2,1-2H3. The van der Waals surface area contributed by atoms with E-state index in [-0.39, 0.29) is 0 Å². The fraction of sp³-hybridized carbons (Fsp3) is 0.200. The molecule has 2 rings (SSSR count). The van der Waals surface area contributed by atoms with E-state index in [0.717, 1.165) is 17.7 Å². The summed E-state index contributed by atoms with van der Waals surface area (Å²) >= 11 is 0. The molecule has 0 saturated heterocycles. The predicted octanol–water partition coefficient (Wildman–Crippen LogP) is 3.59. The number of anilines is 1. The van der Waals surface area contributed by atoms with Crippen molar-refractivity contribution < 1.29 is 18.3 Å². The summed E-state index contributed by atoms with van der Waals surface area (Å²) in [6.45, 7) is 0.408. The van der Waals surface area contributed by atoms with Crippen LogP contribution >= 0.6 is 0 Å². The molecule has 2 aromatic carbocycles. The van der Waals surface area contributed by atoms with Crippen LogP contribution in [0.4, 0.5) is 14.5 Å². The lowest BCUT2D eigenvalue weighted by Crippen LogP contribution is -2.03. The van der Waals surface area contributed by atoms with Gasteiger partial charge < -0.3 is 14.8 Å². The van der Waals surface area contributed by atoms with Gasteiger partial charge in [0.05, 0.1) is 14.2 Å². The zero-order valence-electron chi connectivity index (χ0n) is 11.2. The van der Waals surface area contributed by atoms with Gasteiger partial charge in [-0.25, -0.2) is 8.78 Å². The van der Waals surface area contributed by atoms with E-state index in [2.05, 4.69) is 5.32 Å². The molecule has 1 N–H and O–H groups in total. The SMILES string of the molecule is COc1ccc(OC)c(CNc2ccc(F)c(F)c2)c1. The minimum absolute atomic E-state index is 0.408. The van der Waals surface area contributed by atoms with Gasteiger partial charge in [-0.2, -0.15) is 0 Å². The average Bonchev–Trinajstić information content (AvgIpc) is 2.48. The monoisotopic (exact) mass is 279 g/mol. The summed E-state index contributed by atoms with van der Waals surface area (Å²) in [7, 11) is 3.15. The maximum Gasteiger partial charge on any atom is 0.160 e. The Bertz CT molecular complexity index is 602. The molecule has 20 heavy (non-hydrogen) atoms. The molecule has 0 radical (unpaired) electrons. The van der Waals surface area contributed by atoms with Gasteiger partial charge in [-0.15, -0.1) is 0 Å². The highest BCUT2D eigenvalue weighted by molar-refractivity contribution is 5.47. The summed E-state index contributed by atoms with van der Waals surface area (Å²) in [5.74, 6) is -0.351. The highest BCUT2D eigenvalue weighted by atomic mass is 19.2. The first-order valence-electron chi connectivity index (χ1n) is 6.04. The fourth-order valence-corrected chi connectivity index (χ4v) is 1.82. The van der Waals surface area contributed by atoms with Crippen LogP contribution in [0, 0.1) is 11.6 Å². The number of nitrogens with one attached hydrogen (secondary N) is 1. The molecule has 2 aromatic rings. The first-order chi connectivity index (χ1) is 9.63. The van der Waals surface area contributed by atoms with E-state index in [1.165, 1.54) is 6.07 Å². The Labute approximate surface area is 116 Å². The number of ether oxygens (including phenoxy) is 2. The zero-order valence-corrected chi connectivity index (χ0v) is 11.2. The molecule has 0 heterocycles. The Morgan fingerprint density at radius 1 is 0.950 bits per heavy atom. The van der Waals surface area contributed by atoms with Crippen LogP contribution in [-0.4, -0.2) is 14.2 Å². The van der Waals surface area contributed by atoms with E-state index in [4.69, 9.17) is 9.47 Å². The van der Waals surface area contributed by atoms with Crippen molar-refractivity contribution >= 4 is 5.69 Å². The Hall–Kier alpha value is -2.30. The molecule has 3 nitrogen and oxygen atoms in total. The van der Waals surface area contributed by atoms with E-state index in [0.29, 0.717) is 23.7 Å². The average molecular weight is 279 g/mol. The molecule has 0 aliphatic heterocycles. The van der Waals surface area contributed by atoms with E-state index in [1.54, 1.807) is 26.4 Å². The third kappa shape index (κ3) is 3.17. The molecule has 106 valence electrons. The van der Waals surface area contributed by atoms with Crippen LogP contribution in [0.2, 0.25) is 0 Å². The molecule has 0 unspecified atom stereocenters. The quantitative estimate of drug-likeness (QED) is 0.907. The smallest absolute Gasteiger partial charge is 0.160 e. The van der Waals surface area contributed by atoms with E-state index in [1.807, 2.05) is 6.07 Å². The van der Waals surface area contributed by atoms with Crippen molar-refractivity contribution in [3.8, 4) is 11.5 Å². The second-order valence-corrected chi connectivity index (χ2v) is 4.16. The molecule has 0 bridgehead atoms. The number of hydrogen-bond donors (Lipinski definition) is 1. The summed E-state index contributed by atoms with van der Waals surface area (Å²) in [6, 6.07) is 9.08. The molecular formula is C15H15F2NO2. The van der Waals surface area contributed by atoms with Crippen LogP contribution in [0.15, 0.2) is 36.4 Å². The molecule has 0 fully saturated rings. The van der Waals surface area contributed by atoms with Crippen LogP contribution in [0.5, 0.6) is 11.5 Å². The molecule has 0 aliphatic carbocycles. The van der Waals surface area contributed by atoms with Gasteiger partial charge in [0.25, 0.3) is 0 Å². The Balaban J connectivity index is 2.15. The lowest BCUT2D eigenvalue weighted by Gasteiger charge is -2.12. The topological polar surface area (TPSA) is 30.5 Å². The molecule has 0 spiro atoms. The second kappa shape index (κ2) is 6.23. The van der Waals surface area contributed by atoms with Gasteiger partial charge >= 0.3 is 0 Å². The van der Waals surface area contributed by atoms with Crippen LogP contribution in [0.25, 0.3) is 0 Å². The molecule has 0 saturated carbocycles. The van der Waals surface area contributed by atoms with Gasteiger partial charge in [-0.1, -0.05) is 0 Å². The van der Waals surface area contributed by atoms with Crippen molar-refractivity contribution in [1.82, 2.24) is 0 Å². The summed E-state index contributed by atoms with van der Waals surface area (Å²) in [6.07, 6.45) is 0. The largest absolute Gasteiger partial charge is 0.497 e. The van der Waals surface area contributed by atoms with Gasteiger partial charge in [-0.05, 0) is 30.3 Å². The Morgan fingerprint density at radius 2 is 1.75 bits per heavy atom. The number of rotatable bonds is 5. The normalized spacial score (nSPS) is 10.2. The molecule has 0 aromatic heterocycles. The zero-order chi connectivity index (χ0) is 14.5. The minimum atomic E-state index is -0.882. The lowest BCUT2D eigenvalue weighted by atomic mass is 10.2. The van der Waals surface area contributed by atoms with Crippen molar-refractivity contribution in [3.63, 3.8) is 0 Å². The summed E-state index contributed by atoms with van der Waals surface area (Å²) in [4.78, 5) is 0. The summed E-state index contributed by atoms with van der Waals surface area (Å²) in [5, 5.41) is 3.01. The third-order valence-electron chi connectivity index (χ3n) is 2.89. The van der Waals surface area contributed by atoms with Crippen molar-refractivity contribution in [3.05, 3.63) is 53.6 Å². The van der Waals surface area contributed by atoms with Crippen molar-refractivity contribution in [2.75, 3.05) is 19.5 Å². The van der Waals surface area contributed by atoms with E-state index in [9.17, 15) is 8.78 Å². The fourth-order valence-electron chi connectivity index (χ4n) is 1.82. The Morgan fingerprint density at radius 3 is 2.40 bits per heavy atom. The number of benzene rings is 2. The van der Waals surface area contributed by atoms with Crippen LogP contribution in [0.1, 0.15) is 5.56 Å². The van der Waals surface area contributed by atoms with Gasteiger partial charge in [0.15, 0.2) is 11.6 Å². The van der Waals surface area contributed by atoms with Crippen LogP contribution in [-0.2, 0) is 6.54 Å². The van der Waals surface area contributed by atoms with Gasteiger partial charge in [0, 0.05) is 23.9 Å². The van der Waals surface area contributed by atoms with Crippen molar-refractivity contribution in [2.45, 2.75) is 6.54 Å². The maximum absolute atomic E-state index is 13.1. The van der Waals surface area contributed by atoms with E-state index < -0.39 is 11.6 Å². The number of halogens is 2. The highest BCUT2D eigenvalue weighted by Crippen LogP contribution is 2.25. The maximum atomic E-state index is 13.1. The van der Waals surface area contributed by atoms with Crippen molar-refractivity contribution in [2.24, 2.45) is 0 Å². The molecular weight excluding hydrogens is 264 g/mol. The van der Waals surface area contributed by atoms with Gasteiger partial charge in [-0.3, -0.25) is 0 Å². The molecule has 0 amide bonds. The highest BCUT2D eigenvalue weighted by Gasteiger charge is 2.06. The number of methoxy groups -OCH3 is 2. The first-order valence-corrected chi connectivity index (χ1v) is 6.04. The third-order valence-corrected chi connectivity index (χ3v) is 2.89. The first kappa shape index (κ1) is 14.1. The minimum Gasteiger partial charge on any atom is -0.497 e. The van der Waals surface area contributed by atoms with Crippen LogP contribution in [0.3, 0.4) is 0 Å². The van der Waals surface area contributed by atoms with E-state index >= 15 is 0 Å². The lowest BCUT2D eigenvalue weighted by molar-refractivity contribution is 0.399. The summed E-state index contributed by atoms with van der Waals surface area (Å²) in [5.41, 5.74) is 1.35. The van der Waals surface area contributed by atoms with Gasteiger partial charge in [0.2, 0.25) is 0 Å². The summed E-state index contributed by atoms with van der Waals surface area (Å²) < 4.78 is 36.3. The number of hydrogen-bond acceptors (Lipinski definition) is 3.